The topological polar surface area (TPSA) is 76.0 Å². The molecule has 5 heteroatoms. The molecular formula is C22H28O5. The molecule has 5 nitrogen and oxygen atoms in total. The molecule has 1 aliphatic heterocycles. The van der Waals surface area contributed by atoms with Crippen molar-refractivity contribution in [2.24, 2.45) is 11.8 Å². The van der Waals surface area contributed by atoms with Crippen molar-refractivity contribution in [3.63, 3.8) is 0 Å². The van der Waals surface area contributed by atoms with Crippen LogP contribution in [0.3, 0.4) is 0 Å². The quantitative estimate of drug-likeness (QED) is 0.751. The van der Waals surface area contributed by atoms with Crippen LogP contribution in [0.15, 0.2) is 30.3 Å². The van der Waals surface area contributed by atoms with Crippen LogP contribution in [0.25, 0.3) is 0 Å². The standard InChI is InChI=1S/C22H28O5/c23-20-12-10-17(19(20)15-21(24)25)9-11-18(14-16-6-2-1-3-7-16)27-22-8-4-5-13-26-22/h1-3,6-7,17-20,22-23H,4-5,8,10,12-15H2,(H,24,25). The number of carboxylic acid groups (broad SMARTS) is 1. The van der Waals surface area contributed by atoms with Crippen molar-refractivity contribution >= 4 is 5.97 Å². The van der Waals surface area contributed by atoms with Gasteiger partial charge in [0.2, 0.25) is 0 Å². The van der Waals surface area contributed by atoms with Gasteiger partial charge in [-0.15, -0.1) is 0 Å². The Hall–Kier alpha value is -1.87. The van der Waals surface area contributed by atoms with Crippen LogP contribution >= 0.6 is 0 Å². The second kappa shape index (κ2) is 9.89. The number of hydrogen-bond acceptors (Lipinski definition) is 4. The maximum Gasteiger partial charge on any atom is 0.303 e. The third-order valence-corrected chi connectivity index (χ3v) is 5.34. The molecule has 2 fully saturated rings. The predicted octanol–water partition coefficient (Wildman–Crippen LogP) is 3.01. The van der Waals surface area contributed by atoms with Crippen LogP contribution in [0, 0.1) is 23.7 Å². The van der Waals surface area contributed by atoms with Gasteiger partial charge in [0.25, 0.3) is 0 Å². The molecule has 2 aliphatic rings. The molecule has 27 heavy (non-hydrogen) atoms. The normalized spacial score (nSPS) is 28.9. The highest BCUT2D eigenvalue weighted by Gasteiger charge is 2.35. The van der Waals surface area contributed by atoms with Gasteiger partial charge in [0.15, 0.2) is 6.29 Å². The van der Waals surface area contributed by atoms with E-state index in [1.54, 1.807) is 0 Å². The van der Waals surface area contributed by atoms with E-state index in [1.165, 1.54) is 0 Å². The Balaban J connectivity index is 1.70. The third-order valence-electron chi connectivity index (χ3n) is 5.34. The molecule has 0 radical (unpaired) electrons. The van der Waals surface area contributed by atoms with Crippen LogP contribution < -0.4 is 0 Å². The van der Waals surface area contributed by atoms with Crippen molar-refractivity contribution in [2.45, 2.75) is 63.4 Å². The molecule has 1 heterocycles. The molecule has 1 saturated heterocycles. The number of aliphatic hydroxyl groups excluding tert-OH is 1. The molecule has 3 rings (SSSR count). The number of hydrogen-bond donors (Lipinski definition) is 2. The Bertz CT molecular complexity index is 656. The SMILES string of the molecule is O=C(O)CC1C(O)CCC1C#CC(Cc1ccccc1)OC1CCCCO1. The first-order valence-electron chi connectivity index (χ1n) is 9.83. The summed E-state index contributed by atoms with van der Waals surface area (Å²) >= 11 is 0. The van der Waals surface area contributed by atoms with Crippen molar-refractivity contribution in [1.29, 1.82) is 0 Å². The lowest BCUT2D eigenvalue weighted by Crippen LogP contribution is -2.28. The van der Waals surface area contributed by atoms with E-state index in [1.807, 2.05) is 30.3 Å². The van der Waals surface area contributed by atoms with E-state index >= 15 is 0 Å². The first-order valence-corrected chi connectivity index (χ1v) is 9.83. The van der Waals surface area contributed by atoms with Gasteiger partial charge in [-0.05, 0) is 37.7 Å². The number of ether oxygens (including phenoxy) is 2. The van der Waals surface area contributed by atoms with E-state index in [-0.39, 0.29) is 30.7 Å². The van der Waals surface area contributed by atoms with Crippen LogP contribution in [0.2, 0.25) is 0 Å². The van der Waals surface area contributed by atoms with Crippen LogP contribution in [0.4, 0.5) is 0 Å². The van der Waals surface area contributed by atoms with Crippen molar-refractivity contribution in [2.75, 3.05) is 6.61 Å². The van der Waals surface area contributed by atoms with Crippen molar-refractivity contribution < 1.29 is 24.5 Å². The monoisotopic (exact) mass is 372 g/mol. The van der Waals surface area contributed by atoms with Crippen LogP contribution in [-0.2, 0) is 20.7 Å². The van der Waals surface area contributed by atoms with Crippen molar-refractivity contribution in [1.82, 2.24) is 0 Å². The summed E-state index contributed by atoms with van der Waals surface area (Å²) in [5, 5.41) is 19.2. The minimum absolute atomic E-state index is 0.0452. The lowest BCUT2D eigenvalue weighted by atomic mass is 9.91. The molecular weight excluding hydrogens is 344 g/mol. The molecule has 2 N–H and O–H groups in total. The summed E-state index contributed by atoms with van der Waals surface area (Å²) in [6.45, 7) is 0.714. The van der Waals surface area contributed by atoms with E-state index in [0.717, 1.165) is 31.2 Å². The van der Waals surface area contributed by atoms with Gasteiger partial charge >= 0.3 is 5.97 Å². The van der Waals surface area contributed by atoms with Crippen LogP contribution in [-0.4, -0.2) is 41.3 Å². The largest absolute Gasteiger partial charge is 0.481 e. The summed E-state index contributed by atoms with van der Waals surface area (Å²) in [5.74, 6) is 5.15. The van der Waals surface area contributed by atoms with Crippen molar-refractivity contribution in [3.8, 4) is 11.8 Å². The zero-order valence-corrected chi connectivity index (χ0v) is 15.5. The van der Waals surface area contributed by atoms with Gasteiger partial charge < -0.3 is 19.7 Å². The molecule has 1 saturated carbocycles. The average Bonchev–Trinajstić information content (AvgIpc) is 3.01. The number of aliphatic hydroxyl groups is 1. The first kappa shape index (κ1) is 19.9. The molecule has 0 spiro atoms. The summed E-state index contributed by atoms with van der Waals surface area (Å²) in [5.41, 5.74) is 1.14. The number of benzene rings is 1. The molecule has 5 atom stereocenters. The summed E-state index contributed by atoms with van der Waals surface area (Å²) in [6.07, 6.45) is 3.84. The number of carbonyl (C=O) groups is 1. The second-order valence-electron chi connectivity index (χ2n) is 7.41. The zero-order valence-electron chi connectivity index (χ0n) is 15.5. The lowest BCUT2D eigenvalue weighted by Gasteiger charge is -2.26. The lowest BCUT2D eigenvalue weighted by molar-refractivity contribution is -0.176. The number of carboxylic acids is 1. The minimum Gasteiger partial charge on any atom is -0.481 e. The van der Waals surface area contributed by atoms with E-state index < -0.39 is 12.1 Å². The van der Waals surface area contributed by atoms with E-state index in [9.17, 15) is 9.90 Å². The fraction of sp³-hybridized carbons (Fsp3) is 0.591. The highest BCUT2D eigenvalue weighted by molar-refractivity contribution is 5.67. The summed E-state index contributed by atoms with van der Waals surface area (Å²) < 4.78 is 11.8. The van der Waals surface area contributed by atoms with E-state index in [0.29, 0.717) is 19.4 Å². The highest BCUT2D eigenvalue weighted by atomic mass is 16.7. The number of rotatable bonds is 6. The molecule has 0 bridgehead atoms. The van der Waals surface area contributed by atoms with Gasteiger partial charge in [0.05, 0.1) is 12.5 Å². The van der Waals surface area contributed by atoms with Crippen LogP contribution in [0.5, 0.6) is 0 Å². The molecule has 1 aromatic rings. The summed E-state index contributed by atoms with van der Waals surface area (Å²) in [4.78, 5) is 11.1. The molecule has 1 aromatic carbocycles. The van der Waals surface area contributed by atoms with Gasteiger partial charge in [-0.1, -0.05) is 42.2 Å². The minimum atomic E-state index is -0.888. The van der Waals surface area contributed by atoms with Crippen molar-refractivity contribution in [3.05, 3.63) is 35.9 Å². The third kappa shape index (κ3) is 6.07. The fourth-order valence-electron chi connectivity index (χ4n) is 3.87. The Morgan fingerprint density at radius 1 is 1.22 bits per heavy atom. The van der Waals surface area contributed by atoms with Gasteiger partial charge in [-0.25, -0.2) is 0 Å². The summed E-state index contributed by atoms with van der Waals surface area (Å²) in [7, 11) is 0. The molecule has 0 amide bonds. The Morgan fingerprint density at radius 2 is 2.04 bits per heavy atom. The maximum absolute atomic E-state index is 11.1. The molecule has 5 unspecified atom stereocenters. The Labute approximate surface area is 160 Å². The molecule has 0 aromatic heterocycles. The van der Waals surface area contributed by atoms with E-state index in [2.05, 4.69) is 11.8 Å². The zero-order chi connectivity index (χ0) is 19.1. The first-order chi connectivity index (χ1) is 13.1. The fourth-order valence-corrected chi connectivity index (χ4v) is 3.87. The van der Waals surface area contributed by atoms with Gasteiger partial charge in [0, 0.05) is 24.9 Å². The van der Waals surface area contributed by atoms with Gasteiger partial charge in [0.1, 0.15) is 6.10 Å². The smallest absolute Gasteiger partial charge is 0.303 e. The predicted molar refractivity (Wildman–Crippen MR) is 101 cm³/mol. The average molecular weight is 372 g/mol. The second-order valence-corrected chi connectivity index (χ2v) is 7.41. The Kier molecular flexibility index (Phi) is 7.28. The highest BCUT2D eigenvalue weighted by Crippen LogP contribution is 2.34. The molecule has 1 aliphatic carbocycles. The maximum atomic E-state index is 11.1. The Morgan fingerprint density at radius 3 is 2.74 bits per heavy atom. The van der Waals surface area contributed by atoms with Gasteiger partial charge in [-0.3, -0.25) is 4.79 Å². The van der Waals surface area contributed by atoms with Gasteiger partial charge in [-0.2, -0.15) is 0 Å². The molecule has 146 valence electrons. The van der Waals surface area contributed by atoms with Crippen LogP contribution in [0.1, 0.15) is 44.1 Å². The summed E-state index contributed by atoms with van der Waals surface area (Å²) in [6, 6.07) is 10.1. The number of aliphatic carboxylic acids is 1. The van der Waals surface area contributed by atoms with E-state index in [4.69, 9.17) is 14.6 Å².